The average molecular weight is 222 g/mol. The molecule has 0 atom stereocenters. The third kappa shape index (κ3) is 2.07. The molecule has 80 valence electrons. The molecule has 2 aromatic carbocycles. The van der Waals surface area contributed by atoms with E-state index in [-0.39, 0.29) is 0 Å². The van der Waals surface area contributed by atoms with Gasteiger partial charge < -0.3 is 0 Å². The predicted octanol–water partition coefficient (Wildman–Crippen LogP) is 3.16. The van der Waals surface area contributed by atoms with Gasteiger partial charge in [0.25, 0.3) is 0 Å². The van der Waals surface area contributed by atoms with Crippen LogP contribution in [-0.2, 0) is 0 Å². The summed E-state index contributed by atoms with van der Waals surface area (Å²) < 4.78 is 0. The normalized spacial score (nSPS) is 9.35. The molecule has 0 aliphatic rings. The van der Waals surface area contributed by atoms with Crippen LogP contribution in [0.3, 0.4) is 0 Å². The summed E-state index contributed by atoms with van der Waals surface area (Å²) in [5.41, 5.74) is 9.08. The second-order valence-corrected chi connectivity index (χ2v) is 3.38. The largest absolute Gasteiger partial charge is 0.287 e. The van der Waals surface area contributed by atoms with Crippen molar-refractivity contribution in [2.24, 2.45) is 5.11 Å². The fourth-order valence-corrected chi connectivity index (χ4v) is 1.55. The zero-order valence-corrected chi connectivity index (χ0v) is 8.66. The molecule has 5 heteroatoms. The first-order valence-corrected chi connectivity index (χ1v) is 4.78. The lowest BCUT2D eigenvalue weighted by Gasteiger charge is -2.00. The second kappa shape index (κ2) is 4.35. The highest BCUT2D eigenvalue weighted by Crippen LogP contribution is 2.18. The summed E-state index contributed by atoms with van der Waals surface area (Å²) in [6.45, 7) is 0. The molecule has 0 unspecified atom stereocenters. The minimum Gasteiger partial charge on any atom is -0.287 e. The molecule has 0 aliphatic heterocycles. The Hall–Kier alpha value is -2.83. The van der Waals surface area contributed by atoms with Crippen molar-refractivity contribution in [1.29, 1.82) is 5.26 Å². The Kier molecular flexibility index (Phi) is 2.73. The molecule has 2 rings (SSSR count). The topological polar surface area (TPSA) is 89.6 Å². The van der Waals surface area contributed by atoms with E-state index in [1.54, 1.807) is 36.4 Å². The van der Waals surface area contributed by atoms with Crippen LogP contribution in [0.4, 0.5) is 0 Å². The van der Waals surface area contributed by atoms with Crippen LogP contribution in [0.2, 0.25) is 0 Å². The van der Waals surface area contributed by atoms with Gasteiger partial charge in [-0.1, -0.05) is 18.2 Å². The molecule has 0 radical (unpaired) electrons. The summed E-state index contributed by atoms with van der Waals surface area (Å²) in [7, 11) is 0. The van der Waals surface area contributed by atoms with Gasteiger partial charge in [-0.25, -0.2) is 0 Å². The summed E-state index contributed by atoms with van der Waals surface area (Å²) in [6, 6.07) is 12.1. The minimum absolute atomic E-state index is 0.333. The summed E-state index contributed by atoms with van der Waals surface area (Å²) in [4.78, 5) is 13.8. The maximum atomic E-state index is 11.3. The molecular weight excluding hydrogens is 216 g/mol. The van der Waals surface area contributed by atoms with Crippen molar-refractivity contribution in [2.45, 2.75) is 0 Å². The van der Waals surface area contributed by atoms with Gasteiger partial charge in [0.2, 0.25) is 5.91 Å². The lowest BCUT2D eigenvalue weighted by molar-refractivity contribution is 0.100. The number of hydrogen-bond acceptors (Lipinski definition) is 2. The summed E-state index contributed by atoms with van der Waals surface area (Å²) in [5.74, 6) is -0.612. The van der Waals surface area contributed by atoms with Crippen LogP contribution in [0.5, 0.6) is 0 Å². The van der Waals surface area contributed by atoms with Crippen LogP contribution >= 0.6 is 0 Å². The molecule has 0 aromatic heterocycles. The number of nitriles is 1. The van der Waals surface area contributed by atoms with Gasteiger partial charge in [0.15, 0.2) is 0 Å². The molecule has 0 saturated carbocycles. The smallest absolute Gasteiger partial charge is 0.249 e. The Morgan fingerprint density at radius 2 is 1.94 bits per heavy atom. The first-order chi connectivity index (χ1) is 8.24. The van der Waals surface area contributed by atoms with E-state index >= 15 is 0 Å². The number of rotatable bonds is 1. The van der Waals surface area contributed by atoms with E-state index in [0.29, 0.717) is 11.1 Å². The maximum Gasteiger partial charge on any atom is 0.249 e. The highest BCUT2D eigenvalue weighted by Gasteiger charge is 2.04. The average Bonchev–Trinajstić information content (AvgIpc) is 2.37. The standard InChI is InChI=1S/C12H6N4O/c13-7-8-1-2-10-6-11(12(17)15-16-14)4-3-9(10)5-8/h1-6H. The van der Waals surface area contributed by atoms with E-state index in [1.807, 2.05) is 6.07 Å². The molecule has 2 aromatic rings. The third-order valence-electron chi connectivity index (χ3n) is 2.35. The number of amides is 1. The molecule has 0 bridgehead atoms. The van der Waals surface area contributed by atoms with Crippen LogP contribution in [0.1, 0.15) is 15.9 Å². The third-order valence-corrected chi connectivity index (χ3v) is 2.35. The first-order valence-electron chi connectivity index (χ1n) is 4.78. The number of nitrogens with zero attached hydrogens (tertiary/aromatic N) is 4. The molecular formula is C12H6N4O. The van der Waals surface area contributed by atoms with Crippen LogP contribution in [0.25, 0.3) is 21.2 Å². The van der Waals surface area contributed by atoms with Crippen molar-refractivity contribution in [3.63, 3.8) is 0 Å². The van der Waals surface area contributed by atoms with Crippen molar-refractivity contribution in [3.8, 4) is 6.07 Å². The lowest BCUT2D eigenvalue weighted by atomic mass is 10.0. The highest BCUT2D eigenvalue weighted by molar-refractivity contribution is 5.99. The number of hydrogen-bond donors (Lipinski definition) is 0. The van der Waals surface area contributed by atoms with Crippen LogP contribution < -0.4 is 0 Å². The lowest BCUT2D eigenvalue weighted by Crippen LogP contribution is -1.92. The van der Waals surface area contributed by atoms with Crippen LogP contribution in [0.15, 0.2) is 41.5 Å². The summed E-state index contributed by atoms with van der Waals surface area (Å²) in [6.07, 6.45) is 0. The zero-order chi connectivity index (χ0) is 12.3. The summed E-state index contributed by atoms with van der Waals surface area (Å²) >= 11 is 0. The van der Waals surface area contributed by atoms with E-state index < -0.39 is 5.91 Å². The van der Waals surface area contributed by atoms with Crippen molar-refractivity contribution in [2.75, 3.05) is 0 Å². The van der Waals surface area contributed by atoms with Crippen molar-refractivity contribution >= 4 is 16.7 Å². The van der Waals surface area contributed by atoms with Gasteiger partial charge in [-0.3, -0.25) is 4.79 Å². The molecule has 5 nitrogen and oxygen atoms in total. The monoisotopic (exact) mass is 222 g/mol. The molecule has 0 fully saturated rings. The highest BCUT2D eigenvalue weighted by atomic mass is 16.1. The van der Waals surface area contributed by atoms with Crippen LogP contribution in [-0.4, -0.2) is 5.91 Å². The Labute approximate surface area is 96.5 Å². The molecule has 0 spiro atoms. The van der Waals surface area contributed by atoms with Crippen molar-refractivity contribution in [1.82, 2.24) is 0 Å². The van der Waals surface area contributed by atoms with E-state index in [4.69, 9.17) is 10.8 Å². The molecule has 0 saturated heterocycles. The number of azide groups is 1. The van der Waals surface area contributed by atoms with Gasteiger partial charge in [-0.2, -0.15) is 5.26 Å². The van der Waals surface area contributed by atoms with Crippen LogP contribution in [0, 0.1) is 11.3 Å². The van der Waals surface area contributed by atoms with Gasteiger partial charge in [0.05, 0.1) is 11.6 Å². The van der Waals surface area contributed by atoms with Gasteiger partial charge in [-0.05, 0) is 39.6 Å². The molecule has 1 amide bonds. The van der Waals surface area contributed by atoms with Crippen molar-refractivity contribution < 1.29 is 4.79 Å². The number of carbonyl (C=O) groups is 1. The Balaban J connectivity index is 2.56. The van der Waals surface area contributed by atoms with E-state index in [1.165, 1.54) is 0 Å². The number of benzene rings is 2. The maximum absolute atomic E-state index is 11.3. The van der Waals surface area contributed by atoms with Crippen molar-refractivity contribution in [3.05, 3.63) is 58.0 Å². The first kappa shape index (κ1) is 10.7. The minimum atomic E-state index is -0.612. The van der Waals surface area contributed by atoms with E-state index in [9.17, 15) is 4.79 Å². The van der Waals surface area contributed by atoms with Gasteiger partial charge in [0, 0.05) is 10.5 Å². The number of fused-ring (bicyclic) bond motifs is 1. The van der Waals surface area contributed by atoms with Gasteiger partial charge in [-0.15, -0.1) is 0 Å². The quantitative estimate of drug-likeness (QED) is 0.421. The Morgan fingerprint density at radius 3 is 2.65 bits per heavy atom. The fraction of sp³-hybridized carbons (Fsp3) is 0. The SMILES string of the molecule is N#Cc1ccc2cc(C(=O)N=[N+]=[N-])ccc2c1. The van der Waals surface area contributed by atoms with E-state index in [2.05, 4.69) is 10.0 Å². The number of carbonyl (C=O) groups excluding carboxylic acids is 1. The molecule has 0 aliphatic carbocycles. The fourth-order valence-electron chi connectivity index (χ4n) is 1.55. The zero-order valence-electron chi connectivity index (χ0n) is 8.66. The Morgan fingerprint density at radius 1 is 1.24 bits per heavy atom. The summed E-state index contributed by atoms with van der Waals surface area (Å²) in [5, 5.41) is 13.5. The second-order valence-electron chi connectivity index (χ2n) is 3.38. The van der Waals surface area contributed by atoms with E-state index in [0.717, 1.165) is 10.8 Å². The van der Waals surface area contributed by atoms with Gasteiger partial charge >= 0.3 is 0 Å². The molecule has 0 heterocycles. The molecule has 17 heavy (non-hydrogen) atoms. The van der Waals surface area contributed by atoms with Gasteiger partial charge in [0.1, 0.15) is 0 Å². The molecule has 0 N–H and O–H groups in total. The Bertz CT molecular complexity index is 693. The predicted molar refractivity (Wildman–Crippen MR) is 62.1 cm³/mol.